The molecule has 2 aromatic carbocycles. The fourth-order valence-corrected chi connectivity index (χ4v) is 2.35. The number of rotatable bonds is 5. The minimum Gasteiger partial charge on any atom is -0.491 e. The van der Waals surface area contributed by atoms with Gasteiger partial charge in [-0.3, -0.25) is 0 Å². The molecule has 0 aliphatic rings. The van der Waals surface area contributed by atoms with Crippen LogP contribution in [0, 0.1) is 11.6 Å². The molecule has 0 radical (unpaired) electrons. The molecule has 0 aliphatic heterocycles. The molecule has 1 N–H and O–H groups in total. The Morgan fingerprint density at radius 2 is 2.00 bits per heavy atom. The summed E-state index contributed by atoms with van der Waals surface area (Å²) < 4.78 is 32.9. The zero-order valence-electron chi connectivity index (χ0n) is 10.8. The van der Waals surface area contributed by atoms with E-state index in [-0.39, 0.29) is 23.1 Å². The Morgan fingerprint density at radius 1 is 1.24 bits per heavy atom. The predicted molar refractivity (Wildman–Crippen MR) is 80.7 cm³/mol. The molecule has 0 saturated carbocycles. The Morgan fingerprint density at radius 3 is 2.71 bits per heavy atom. The van der Waals surface area contributed by atoms with Crippen molar-refractivity contribution < 1.29 is 18.6 Å². The first kappa shape index (κ1) is 16.2. The van der Waals surface area contributed by atoms with Crippen molar-refractivity contribution in [3.63, 3.8) is 0 Å². The van der Waals surface area contributed by atoms with Gasteiger partial charge < -0.3 is 9.84 Å². The first-order valence-electron chi connectivity index (χ1n) is 6.16. The van der Waals surface area contributed by atoms with Crippen molar-refractivity contribution in [1.82, 2.24) is 0 Å². The molecule has 1 unspecified atom stereocenters. The molecule has 2 nitrogen and oxygen atoms in total. The molecule has 0 heterocycles. The molecule has 2 rings (SSSR count). The first-order chi connectivity index (χ1) is 9.97. The molecule has 1 atom stereocenters. The van der Waals surface area contributed by atoms with Crippen LogP contribution in [0.2, 0.25) is 5.02 Å². The lowest BCUT2D eigenvalue weighted by atomic mass is 10.1. The fraction of sp³-hybridized carbons (Fsp3) is 0.200. The fourth-order valence-electron chi connectivity index (χ4n) is 1.80. The van der Waals surface area contributed by atoms with Gasteiger partial charge in [0, 0.05) is 17.0 Å². The van der Waals surface area contributed by atoms with Crippen LogP contribution < -0.4 is 4.74 Å². The number of hydrogen-bond donors (Lipinski definition) is 1. The third-order valence-corrected chi connectivity index (χ3v) is 3.66. The lowest BCUT2D eigenvalue weighted by Crippen LogP contribution is -2.21. The second kappa shape index (κ2) is 7.20. The highest BCUT2D eigenvalue weighted by molar-refractivity contribution is 9.10. The SMILES string of the molecule is OC(COc1cccc(Cl)c1)Cc1c(F)ccc(Br)c1F. The summed E-state index contributed by atoms with van der Waals surface area (Å²) in [5.41, 5.74) is -0.174. The van der Waals surface area contributed by atoms with Gasteiger partial charge >= 0.3 is 0 Å². The van der Waals surface area contributed by atoms with Crippen molar-refractivity contribution in [2.45, 2.75) is 12.5 Å². The highest BCUT2D eigenvalue weighted by Crippen LogP contribution is 2.23. The highest BCUT2D eigenvalue weighted by Gasteiger charge is 2.16. The molecule has 2 aromatic rings. The molecule has 0 fully saturated rings. The molecule has 0 amide bonds. The lowest BCUT2D eigenvalue weighted by Gasteiger charge is -2.14. The van der Waals surface area contributed by atoms with Gasteiger partial charge in [0.25, 0.3) is 0 Å². The van der Waals surface area contributed by atoms with Gasteiger partial charge in [-0.1, -0.05) is 17.7 Å². The van der Waals surface area contributed by atoms with Crippen LogP contribution in [0.25, 0.3) is 0 Å². The summed E-state index contributed by atoms with van der Waals surface area (Å²) in [6.45, 7) is -0.0915. The van der Waals surface area contributed by atoms with Crippen molar-refractivity contribution in [3.05, 3.63) is 63.1 Å². The third kappa shape index (κ3) is 4.40. The Hall–Kier alpha value is -1.17. The van der Waals surface area contributed by atoms with Gasteiger partial charge in [0.1, 0.15) is 24.0 Å². The summed E-state index contributed by atoms with van der Waals surface area (Å²) in [6.07, 6.45) is -1.22. The number of aliphatic hydroxyl groups is 1. The van der Waals surface area contributed by atoms with Crippen LogP contribution in [0.5, 0.6) is 5.75 Å². The maximum Gasteiger partial charge on any atom is 0.143 e. The molecule has 0 aliphatic carbocycles. The maximum absolute atomic E-state index is 13.8. The quantitative estimate of drug-likeness (QED) is 0.784. The average Bonchev–Trinajstić information content (AvgIpc) is 2.46. The van der Waals surface area contributed by atoms with Crippen molar-refractivity contribution in [3.8, 4) is 5.75 Å². The van der Waals surface area contributed by atoms with Gasteiger partial charge in [-0.25, -0.2) is 8.78 Å². The van der Waals surface area contributed by atoms with Gasteiger partial charge in [-0.2, -0.15) is 0 Å². The number of hydrogen-bond acceptors (Lipinski definition) is 2. The van der Waals surface area contributed by atoms with Crippen LogP contribution in [-0.4, -0.2) is 17.8 Å². The summed E-state index contributed by atoms with van der Waals surface area (Å²) in [4.78, 5) is 0. The molecule has 0 spiro atoms. The number of benzene rings is 2. The topological polar surface area (TPSA) is 29.5 Å². The highest BCUT2D eigenvalue weighted by atomic mass is 79.9. The number of halogens is 4. The van der Waals surface area contributed by atoms with Crippen LogP contribution in [0.4, 0.5) is 8.78 Å². The molecule has 112 valence electrons. The van der Waals surface area contributed by atoms with E-state index in [9.17, 15) is 13.9 Å². The monoisotopic (exact) mass is 376 g/mol. The van der Waals surface area contributed by atoms with E-state index in [0.29, 0.717) is 10.8 Å². The Labute approximate surface area is 134 Å². The molecule has 0 aromatic heterocycles. The molecule has 0 bridgehead atoms. The van der Waals surface area contributed by atoms with Crippen molar-refractivity contribution in [2.75, 3.05) is 6.61 Å². The minimum atomic E-state index is -1.04. The Bertz CT molecular complexity index is 637. The molecular formula is C15H12BrClF2O2. The third-order valence-electron chi connectivity index (χ3n) is 2.82. The molecule has 6 heteroatoms. The van der Waals surface area contributed by atoms with E-state index in [2.05, 4.69) is 15.9 Å². The van der Waals surface area contributed by atoms with E-state index in [1.807, 2.05) is 0 Å². The zero-order chi connectivity index (χ0) is 15.4. The summed E-state index contributed by atoms with van der Waals surface area (Å²) in [5, 5.41) is 10.4. The first-order valence-corrected chi connectivity index (χ1v) is 7.33. The van der Waals surface area contributed by atoms with Gasteiger partial charge in [0.15, 0.2) is 0 Å². The van der Waals surface area contributed by atoms with E-state index in [1.165, 1.54) is 6.07 Å². The zero-order valence-corrected chi connectivity index (χ0v) is 13.2. The molecular weight excluding hydrogens is 366 g/mol. The minimum absolute atomic E-state index is 0.0915. The molecule has 21 heavy (non-hydrogen) atoms. The lowest BCUT2D eigenvalue weighted by molar-refractivity contribution is 0.106. The number of ether oxygens (including phenoxy) is 1. The Kier molecular flexibility index (Phi) is 5.56. The second-order valence-corrected chi connectivity index (χ2v) is 5.74. The number of aliphatic hydroxyl groups excluding tert-OH is 1. The summed E-state index contributed by atoms with van der Waals surface area (Å²) >= 11 is 8.79. The Balaban J connectivity index is 1.99. The van der Waals surface area contributed by atoms with Crippen LogP contribution in [0.15, 0.2) is 40.9 Å². The van der Waals surface area contributed by atoms with Gasteiger partial charge in [0.05, 0.1) is 10.6 Å². The van der Waals surface area contributed by atoms with Crippen LogP contribution in [0.1, 0.15) is 5.56 Å². The maximum atomic E-state index is 13.8. The predicted octanol–water partition coefficient (Wildman–Crippen LogP) is 4.36. The van der Waals surface area contributed by atoms with E-state index >= 15 is 0 Å². The van der Waals surface area contributed by atoms with Crippen LogP contribution in [-0.2, 0) is 6.42 Å². The largest absolute Gasteiger partial charge is 0.491 e. The van der Waals surface area contributed by atoms with E-state index in [0.717, 1.165) is 6.07 Å². The normalized spacial score (nSPS) is 12.2. The smallest absolute Gasteiger partial charge is 0.143 e. The van der Waals surface area contributed by atoms with Gasteiger partial charge in [0.2, 0.25) is 0 Å². The van der Waals surface area contributed by atoms with Crippen molar-refractivity contribution in [1.29, 1.82) is 0 Å². The standard InChI is InChI=1S/C15H12BrClF2O2/c16-13-4-5-14(18)12(15(13)19)7-10(20)8-21-11-3-1-2-9(17)6-11/h1-6,10,20H,7-8H2. The van der Waals surface area contributed by atoms with Gasteiger partial charge in [-0.05, 0) is 46.3 Å². The van der Waals surface area contributed by atoms with E-state index < -0.39 is 17.7 Å². The summed E-state index contributed by atoms with van der Waals surface area (Å²) in [7, 11) is 0. The summed E-state index contributed by atoms with van der Waals surface area (Å²) in [5.74, 6) is -0.925. The van der Waals surface area contributed by atoms with Crippen LogP contribution >= 0.6 is 27.5 Å². The molecule has 0 saturated heterocycles. The van der Waals surface area contributed by atoms with Gasteiger partial charge in [-0.15, -0.1) is 0 Å². The van der Waals surface area contributed by atoms with Crippen molar-refractivity contribution >= 4 is 27.5 Å². The second-order valence-electron chi connectivity index (χ2n) is 4.45. The average molecular weight is 378 g/mol. The van der Waals surface area contributed by atoms with Crippen LogP contribution in [0.3, 0.4) is 0 Å². The summed E-state index contributed by atoms with van der Waals surface area (Å²) in [6, 6.07) is 9.10. The van der Waals surface area contributed by atoms with E-state index in [4.69, 9.17) is 16.3 Å². The van der Waals surface area contributed by atoms with Crippen molar-refractivity contribution in [2.24, 2.45) is 0 Å². The van der Waals surface area contributed by atoms with E-state index in [1.54, 1.807) is 24.3 Å².